The Bertz CT molecular complexity index is 420. The van der Waals surface area contributed by atoms with Crippen molar-refractivity contribution in [2.45, 2.75) is 57.2 Å². The summed E-state index contributed by atoms with van der Waals surface area (Å²) in [6.07, 6.45) is 4.83. The molecule has 2 aliphatic rings. The van der Waals surface area contributed by atoms with E-state index in [9.17, 15) is 0 Å². The van der Waals surface area contributed by atoms with E-state index in [1.165, 1.54) is 35.6 Å². The van der Waals surface area contributed by atoms with Crippen LogP contribution in [0.4, 0.5) is 0 Å². The van der Waals surface area contributed by atoms with Crippen molar-refractivity contribution >= 4 is 23.1 Å². The molecule has 2 atom stereocenters. The molecule has 0 radical (unpaired) electrons. The summed E-state index contributed by atoms with van der Waals surface area (Å²) in [6, 6.07) is 5.54. The monoisotopic (exact) mass is 325 g/mol. The fourth-order valence-electron chi connectivity index (χ4n) is 3.59. The number of thioether (sulfide) groups is 1. The van der Waals surface area contributed by atoms with Gasteiger partial charge in [-0.1, -0.05) is 19.9 Å². The molecule has 2 fully saturated rings. The average Bonchev–Trinajstić information content (AvgIpc) is 2.99. The Kier molecular flexibility index (Phi) is 5.31. The predicted octanol–water partition coefficient (Wildman–Crippen LogP) is 4.48. The average molecular weight is 326 g/mol. The minimum absolute atomic E-state index is 0.179. The zero-order valence-corrected chi connectivity index (χ0v) is 14.8. The lowest BCUT2D eigenvalue weighted by molar-refractivity contribution is -0.0947. The van der Waals surface area contributed by atoms with E-state index in [0.29, 0.717) is 18.0 Å². The normalized spacial score (nSPS) is 27.1. The van der Waals surface area contributed by atoms with Crippen molar-refractivity contribution in [3.8, 4) is 0 Å². The van der Waals surface area contributed by atoms with Gasteiger partial charge in [0.1, 0.15) is 0 Å². The summed E-state index contributed by atoms with van der Waals surface area (Å²) in [7, 11) is 0. The van der Waals surface area contributed by atoms with Gasteiger partial charge in [0.15, 0.2) is 0 Å². The standard InChI is InChI=1S/C17H27NOS2/c1-13(2)16(15-4-3-9-21-15)18-14-5-8-19-17(12-14)6-10-20-11-7-17/h3-4,9,13-14,16,18H,5-8,10-12H2,1-2H3. The quantitative estimate of drug-likeness (QED) is 0.882. The van der Waals surface area contributed by atoms with Gasteiger partial charge in [-0.25, -0.2) is 0 Å². The molecule has 21 heavy (non-hydrogen) atoms. The summed E-state index contributed by atoms with van der Waals surface area (Å²) in [5, 5.41) is 6.14. The van der Waals surface area contributed by atoms with Crippen LogP contribution in [-0.2, 0) is 4.74 Å². The Balaban J connectivity index is 1.65. The highest BCUT2D eigenvalue weighted by molar-refractivity contribution is 7.99. The summed E-state index contributed by atoms with van der Waals surface area (Å²) in [5.41, 5.74) is 0.179. The van der Waals surface area contributed by atoms with Gasteiger partial charge in [-0.3, -0.25) is 0 Å². The molecule has 3 heterocycles. The Hall–Kier alpha value is -0.0300. The van der Waals surface area contributed by atoms with E-state index in [4.69, 9.17) is 4.74 Å². The number of rotatable bonds is 4. The number of thiophene rings is 1. The van der Waals surface area contributed by atoms with Crippen LogP contribution in [0.3, 0.4) is 0 Å². The molecule has 1 aromatic heterocycles. The number of hydrogen-bond acceptors (Lipinski definition) is 4. The second-order valence-electron chi connectivity index (χ2n) is 6.74. The maximum Gasteiger partial charge on any atom is 0.0713 e. The Morgan fingerprint density at radius 2 is 2.14 bits per heavy atom. The summed E-state index contributed by atoms with van der Waals surface area (Å²) < 4.78 is 6.22. The van der Waals surface area contributed by atoms with Crippen LogP contribution < -0.4 is 5.32 Å². The number of nitrogens with one attached hydrogen (secondary N) is 1. The Morgan fingerprint density at radius 1 is 1.33 bits per heavy atom. The number of ether oxygens (including phenoxy) is 1. The van der Waals surface area contributed by atoms with Crippen molar-refractivity contribution in [2.75, 3.05) is 18.1 Å². The van der Waals surface area contributed by atoms with E-state index in [0.717, 1.165) is 13.0 Å². The summed E-state index contributed by atoms with van der Waals surface area (Å²) >= 11 is 3.96. The molecular weight excluding hydrogens is 298 g/mol. The van der Waals surface area contributed by atoms with Crippen LogP contribution in [0, 0.1) is 5.92 Å². The third-order valence-electron chi connectivity index (χ3n) is 4.83. The molecule has 0 aromatic carbocycles. The molecule has 4 heteroatoms. The lowest BCUT2D eigenvalue weighted by atomic mass is 9.84. The molecule has 2 nitrogen and oxygen atoms in total. The highest BCUT2D eigenvalue weighted by Gasteiger charge is 2.39. The summed E-state index contributed by atoms with van der Waals surface area (Å²) in [4.78, 5) is 1.48. The molecule has 118 valence electrons. The van der Waals surface area contributed by atoms with E-state index in [2.05, 4.69) is 48.4 Å². The molecule has 0 amide bonds. The third-order valence-corrected chi connectivity index (χ3v) is 6.77. The largest absolute Gasteiger partial charge is 0.375 e. The van der Waals surface area contributed by atoms with Gasteiger partial charge in [0.2, 0.25) is 0 Å². The van der Waals surface area contributed by atoms with Crippen molar-refractivity contribution in [2.24, 2.45) is 5.92 Å². The van der Waals surface area contributed by atoms with Crippen molar-refractivity contribution in [1.82, 2.24) is 5.32 Å². The minimum Gasteiger partial charge on any atom is -0.375 e. The molecular formula is C17H27NOS2. The summed E-state index contributed by atoms with van der Waals surface area (Å²) in [6.45, 7) is 5.57. The molecule has 0 saturated carbocycles. The van der Waals surface area contributed by atoms with Gasteiger partial charge in [-0.2, -0.15) is 11.8 Å². The minimum atomic E-state index is 0.179. The van der Waals surface area contributed by atoms with Crippen molar-refractivity contribution in [3.05, 3.63) is 22.4 Å². The van der Waals surface area contributed by atoms with E-state index in [1.54, 1.807) is 0 Å². The zero-order valence-electron chi connectivity index (χ0n) is 13.1. The van der Waals surface area contributed by atoms with Gasteiger partial charge in [0.05, 0.1) is 5.60 Å². The van der Waals surface area contributed by atoms with Crippen molar-refractivity contribution < 1.29 is 4.74 Å². The smallest absolute Gasteiger partial charge is 0.0713 e. The molecule has 2 saturated heterocycles. The first kappa shape index (κ1) is 15.9. The first-order valence-electron chi connectivity index (χ1n) is 8.20. The van der Waals surface area contributed by atoms with Gasteiger partial charge in [-0.05, 0) is 54.6 Å². The van der Waals surface area contributed by atoms with Gasteiger partial charge in [-0.15, -0.1) is 11.3 Å². The van der Waals surface area contributed by atoms with Crippen LogP contribution in [0.1, 0.15) is 50.4 Å². The fourth-order valence-corrected chi connectivity index (χ4v) is 5.78. The summed E-state index contributed by atoms with van der Waals surface area (Å²) in [5.74, 6) is 3.17. The van der Waals surface area contributed by atoms with E-state index in [1.807, 2.05) is 11.3 Å². The maximum absolute atomic E-state index is 6.22. The highest BCUT2D eigenvalue weighted by atomic mass is 32.2. The molecule has 2 aliphatic heterocycles. The van der Waals surface area contributed by atoms with Crippen LogP contribution in [0.5, 0.6) is 0 Å². The lowest BCUT2D eigenvalue weighted by Crippen LogP contribution is -2.50. The Morgan fingerprint density at radius 3 is 2.81 bits per heavy atom. The molecule has 1 spiro atoms. The van der Waals surface area contributed by atoms with E-state index in [-0.39, 0.29) is 5.60 Å². The first-order chi connectivity index (χ1) is 10.2. The van der Waals surface area contributed by atoms with Gasteiger partial charge < -0.3 is 10.1 Å². The van der Waals surface area contributed by atoms with Gasteiger partial charge in [0.25, 0.3) is 0 Å². The predicted molar refractivity (Wildman–Crippen MR) is 93.3 cm³/mol. The van der Waals surface area contributed by atoms with Crippen LogP contribution >= 0.6 is 23.1 Å². The van der Waals surface area contributed by atoms with Crippen molar-refractivity contribution in [1.29, 1.82) is 0 Å². The zero-order chi connectivity index (χ0) is 14.7. The van der Waals surface area contributed by atoms with E-state index >= 15 is 0 Å². The van der Waals surface area contributed by atoms with Crippen LogP contribution in [0.15, 0.2) is 17.5 Å². The maximum atomic E-state index is 6.22. The second kappa shape index (κ2) is 7.03. The van der Waals surface area contributed by atoms with Gasteiger partial charge >= 0.3 is 0 Å². The number of hydrogen-bond donors (Lipinski definition) is 1. The molecule has 3 rings (SSSR count). The lowest BCUT2D eigenvalue weighted by Gasteiger charge is -2.44. The molecule has 0 aliphatic carbocycles. The fraction of sp³-hybridized carbons (Fsp3) is 0.765. The van der Waals surface area contributed by atoms with Crippen LogP contribution in [-0.4, -0.2) is 29.8 Å². The topological polar surface area (TPSA) is 21.3 Å². The van der Waals surface area contributed by atoms with Gasteiger partial charge in [0, 0.05) is 23.6 Å². The molecule has 1 aromatic rings. The first-order valence-corrected chi connectivity index (χ1v) is 10.2. The molecule has 0 bridgehead atoms. The van der Waals surface area contributed by atoms with Crippen molar-refractivity contribution in [3.63, 3.8) is 0 Å². The third kappa shape index (κ3) is 3.84. The Labute approximate surface area is 137 Å². The highest BCUT2D eigenvalue weighted by Crippen LogP contribution is 2.38. The molecule has 2 unspecified atom stereocenters. The van der Waals surface area contributed by atoms with E-state index < -0.39 is 0 Å². The van der Waals surface area contributed by atoms with Crippen LogP contribution in [0.25, 0.3) is 0 Å². The second-order valence-corrected chi connectivity index (χ2v) is 8.94. The SMILES string of the molecule is CC(C)C(NC1CCOC2(CCSCC2)C1)c1cccs1. The van der Waals surface area contributed by atoms with Crippen LogP contribution in [0.2, 0.25) is 0 Å². The molecule has 1 N–H and O–H groups in total.